The highest BCUT2D eigenvalue weighted by Crippen LogP contribution is 2.25. The molecule has 2 unspecified atom stereocenters. The lowest BCUT2D eigenvalue weighted by atomic mass is 10.1. The Hall–Kier alpha value is -1.44. The fourth-order valence-electron chi connectivity index (χ4n) is 4.37. The molecule has 0 aromatic heterocycles. The van der Waals surface area contributed by atoms with Crippen LogP contribution in [0.25, 0.3) is 0 Å². The zero-order chi connectivity index (χ0) is 29.1. The van der Waals surface area contributed by atoms with E-state index in [-0.39, 0.29) is 25.8 Å². The molecule has 0 aromatic carbocycles. The molecule has 0 radical (unpaired) electrons. The molecule has 232 valence electrons. The van der Waals surface area contributed by atoms with Crippen LogP contribution in [-0.4, -0.2) is 52.2 Å². The van der Waals surface area contributed by atoms with Gasteiger partial charge < -0.3 is 33.2 Å². The fraction of sp³-hybridized carbons (Fsp3) is 0.875. The Labute approximate surface area is 240 Å². The third kappa shape index (κ3) is 17.1. The zero-order valence-electron chi connectivity index (χ0n) is 26.7. The van der Waals surface area contributed by atoms with Crippen molar-refractivity contribution in [2.75, 3.05) is 40.0 Å². The van der Waals surface area contributed by atoms with E-state index < -0.39 is 0 Å². The van der Waals surface area contributed by atoms with Crippen molar-refractivity contribution in [3.8, 4) is 0 Å². The zero-order valence-corrected chi connectivity index (χ0v) is 26.7. The fourth-order valence-corrected chi connectivity index (χ4v) is 4.37. The maximum Gasteiger partial charge on any atom is 0.162 e. The Morgan fingerprint density at radius 3 is 1.15 bits per heavy atom. The van der Waals surface area contributed by atoms with Crippen molar-refractivity contribution < 1.29 is 33.2 Å². The maximum absolute atomic E-state index is 6.20. The van der Waals surface area contributed by atoms with Crippen LogP contribution >= 0.6 is 0 Å². The van der Waals surface area contributed by atoms with Crippen molar-refractivity contribution in [1.82, 2.24) is 0 Å². The third-order valence-corrected chi connectivity index (χ3v) is 6.19. The molecule has 0 aromatic rings. The lowest BCUT2D eigenvalue weighted by Crippen LogP contribution is -2.25. The maximum atomic E-state index is 6.20. The summed E-state index contributed by atoms with van der Waals surface area (Å²) in [5.41, 5.74) is 0. The summed E-state index contributed by atoms with van der Waals surface area (Å²) in [5.74, 6) is 3.42. The normalized spacial score (nSPS) is 14.4. The Balaban J connectivity index is 5.41. The van der Waals surface area contributed by atoms with Gasteiger partial charge in [-0.1, -0.05) is 66.2 Å². The molecule has 0 heterocycles. The van der Waals surface area contributed by atoms with E-state index in [2.05, 4.69) is 27.7 Å². The molecule has 0 amide bonds. The van der Waals surface area contributed by atoms with Crippen molar-refractivity contribution in [2.45, 2.75) is 145 Å². The molecule has 0 aliphatic carbocycles. The molecular formula is C32H62O7. The Morgan fingerprint density at radius 1 is 0.462 bits per heavy atom. The SMILES string of the molecule is CCCCCC(OCC)=C(OCC)C(CCC)OCOCOC(CCC)C(OCC)=C(CCCCC)OCC. The van der Waals surface area contributed by atoms with Gasteiger partial charge in [0.2, 0.25) is 0 Å². The number of hydrogen-bond acceptors (Lipinski definition) is 7. The lowest BCUT2D eigenvalue weighted by Gasteiger charge is -2.25. The van der Waals surface area contributed by atoms with Crippen molar-refractivity contribution >= 4 is 0 Å². The summed E-state index contributed by atoms with van der Waals surface area (Å²) >= 11 is 0. The van der Waals surface area contributed by atoms with Gasteiger partial charge >= 0.3 is 0 Å². The summed E-state index contributed by atoms with van der Waals surface area (Å²) in [4.78, 5) is 0. The number of unbranched alkanes of at least 4 members (excludes halogenated alkanes) is 4. The van der Waals surface area contributed by atoms with Crippen molar-refractivity contribution in [2.24, 2.45) is 0 Å². The molecule has 0 saturated heterocycles. The van der Waals surface area contributed by atoms with Crippen LogP contribution in [0.15, 0.2) is 23.0 Å². The second-order valence-electron chi connectivity index (χ2n) is 9.55. The monoisotopic (exact) mass is 558 g/mol. The average molecular weight is 559 g/mol. The molecule has 39 heavy (non-hydrogen) atoms. The Morgan fingerprint density at radius 2 is 0.846 bits per heavy atom. The molecule has 0 aliphatic heterocycles. The average Bonchev–Trinajstić information content (AvgIpc) is 2.93. The second-order valence-corrected chi connectivity index (χ2v) is 9.55. The summed E-state index contributed by atoms with van der Waals surface area (Å²) < 4.78 is 42.4. The number of allylic oxidation sites excluding steroid dienone is 2. The summed E-state index contributed by atoms with van der Waals surface area (Å²) in [7, 11) is 0. The smallest absolute Gasteiger partial charge is 0.162 e. The van der Waals surface area contributed by atoms with E-state index in [4.69, 9.17) is 33.2 Å². The van der Waals surface area contributed by atoms with Gasteiger partial charge in [-0.05, 0) is 53.4 Å². The largest absolute Gasteiger partial charge is 0.495 e. The van der Waals surface area contributed by atoms with Gasteiger partial charge in [0.1, 0.15) is 23.7 Å². The van der Waals surface area contributed by atoms with Crippen LogP contribution in [0.2, 0.25) is 0 Å². The first-order valence-electron chi connectivity index (χ1n) is 15.9. The van der Waals surface area contributed by atoms with Crippen LogP contribution in [0.4, 0.5) is 0 Å². The molecule has 0 rings (SSSR count). The van der Waals surface area contributed by atoms with Gasteiger partial charge in [0.25, 0.3) is 0 Å². The molecule has 0 saturated carbocycles. The Kier molecular flexibility index (Phi) is 25.8. The van der Waals surface area contributed by atoms with Crippen LogP contribution in [0, 0.1) is 0 Å². The van der Waals surface area contributed by atoms with E-state index in [1.807, 2.05) is 27.7 Å². The van der Waals surface area contributed by atoms with Crippen molar-refractivity contribution in [3.05, 3.63) is 23.0 Å². The van der Waals surface area contributed by atoms with Gasteiger partial charge in [-0.25, -0.2) is 0 Å². The minimum Gasteiger partial charge on any atom is -0.495 e. The van der Waals surface area contributed by atoms with Crippen LogP contribution in [0.5, 0.6) is 0 Å². The van der Waals surface area contributed by atoms with Crippen LogP contribution in [-0.2, 0) is 33.2 Å². The number of hydrogen-bond donors (Lipinski definition) is 0. The molecule has 2 atom stereocenters. The summed E-state index contributed by atoms with van der Waals surface area (Å²) in [6, 6.07) is 0. The van der Waals surface area contributed by atoms with E-state index in [1.54, 1.807) is 0 Å². The quantitative estimate of drug-likeness (QED) is 0.0539. The van der Waals surface area contributed by atoms with Gasteiger partial charge in [-0.3, -0.25) is 0 Å². The van der Waals surface area contributed by atoms with Gasteiger partial charge in [-0.2, -0.15) is 0 Å². The number of rotatable bonds is 28. The summed E-state index contributed by atoms with van der Waals surface area (Å²) in [5, 5.41) is 0. The van der Waals surface area contributed by atoms with Gasteiger partial charge in [0.15, 0.2) is 25.1 Å². The molecule has 0 fully saturated rings. The molecule has 7 nitrogen and oxygen atoms in total. The highest BCUT2D eigenvalue weighted by Gasteiger charge is 2.24. The van der Waals surface area contributed by atoms with Crippen molar-refractivity contribution in [3.63, 3.8) is 0 Å². The van der Waals surface area contributed by atoms with Crippen molar-refractivity contribution in [1.29, 1.82) is 0 Å². The first-order valence-corrected chi connectivity index (χ1v) is 15.9. The van der Waals surface area contributed by atoms with E-state index >= 15 is 0 Å². The van der Waals surface area contributed by atoms with E-state index in [1.165, 1.54) is 0 Å². The van der Waals surface area contributed by atoms with E-state index in [0.29, 0.717) is 26.4 Å². The molecule has 0 spiro atoms. The topological polar surface area (TPSA) is 64.6 Å². The standard InChI is InChI=1S/C32H62O7/c1-9-17-19-23-29(34-13-5)31(36-15-7)27(21-11-3)38-25-33-26-39-28(22-12-4)32(37-16-8)30(35-14-6)24-20-18-10-2/h27-28H,9-26H2,1-8H3. The minimum absolute atomic E-state index is 0.108. The highest BCUT2D eigenvalue weighted by molar-refractivity contribution is 5.09. The van der Waals surface area contributed by atoms with Crippen LogP contribution < -0.4 is 0 Å². The molecule has 0 N–H and O–H groups in total. The lowest BCUT2D eigenvalue weighted by molar-refractivity contribution is -0.166. The first kappa shape index (κ1) is 37.6. The summed E-state index contributed by atoms with van der Waals surface area (Å²) in [6.07, 6.45) is 11.7. The van der Waals surface area contributed by atoms with E-state index in [0.717, 1.165) is 100 Å². The third-order valence-electron chi connectivity index (χ3n) is 6.19. The molecule has 0 bridgehead atoms. The second kappa shape index (κ2) is 26.8. The Bertz CT molecular complexity index is 566. The molecule has 7 heteroatoms. The van der Waals surface area contributed by atoms with Gasteiger partial charge in [0, 0.05) is 12.8 Å². The molecule has 0 aliphatic rings. The predicted molar refractivity (Wildman–Crippen MR) is 159 cm³/mol. The van der Waals surface area contributed by atoms with Gasteiger partial charge in [0.05, 0.1) is 26.4 Å². The predicted octanol–water partition coefficient (Wildman–Crippen LogP) is 9.02. The van der Waals surface area contributed by atoms with Gasteiger partial charge in [-0.15, -0.1) is 0 Å². The van der Waals surface area contributed by atoms with Crippen LogP contribution in [0.3, 0.4) is 0 Å². The first-order chi connectivity index (χ1) is 19.1. The summed E-state index contributed by atoms with van der Waals surface area (Å²) in [6.45, 7) is 19.3. The van der Waals surface area contributed by atoms with E-state index in [9.17, 15) is 0 Å². The number of ether oxygens (including phenoxy) is 7. The van der Waals surface area contributed by atoms with Crippen LogP contribution in [0.1, 0.15) is 132 Å². The highest BCUT2D eigenvalue weighted by atomic mass is 16.7. The minimum atomic E-state index is -0.216. The molecular weight excluding hydrogens is 496 g/mol.